The second-order valence-corrected chi connectivity index (χ2v) is 10.4. The van der Waals surface area contributed by atoms with Crippen molar-refractivity contribution in [3.63, 3.8) is 0 Å². The van der Waals surface area contributed by atoms with Crippen molar-refractivity contribution >= 4 is 11.8 Å². The van der Waals surface area contributed by atoms with E-state index in [2.05, 4.69) is 18.7 Å². The van der Waals surface area contributed by atoms with Crippen molar-refractivity contribution in [1.82, 2.24) is 0 Å². The van der Waals surface area contributed by atoms with Crippen LogP contribution in [0.3, 0.4) is 0 Å². The average Bonchev–Trinajstić information content (AvgIpc) is 2.72. The standard InChI is InChI=1S/C19H30OS/c1-18-8-6-13(20)10-12(18)2-3-14-15(18)7-9-19-11-21-17(19)5-4-16(14)19/h12-17,20H,2-11H2,1H3/t12?,13?,14-,15+,16+,17?,18+,19-/m1/s1. The van der Waals surface area contributed by atoms with Gasteiger partial charge in [-0.1, -0.05) is 6.92 Å². The van der Waals surface area contributed by atoms with Gasteiger partial charge in [-0.3, -0.25) is 0 Å². The Morgan fingerprint density at radius 3 is 2.67 bits per heavy atom. The van der Waals surface area contributed by atoms with Crippen LogP contribution in [0.2, 0.25) is 0 Å². The monoisotopic (exact) mass is 306 g/mol. The molecule has 1 spiro atoms. The van der Waals surface area contributed by atoms with Crippen molar-refractivity contribution in [2.45, 2.75) is 76.1 Å². The van der Waals surface area contributed by atoms with Gasteiger partial charge in [0.15, 0.2) is 0 Å². The molecule has 0 aromatic heterocycles. The van der Waals surface area contributed by atoms with E-state index in [1.165, 1.54) is 37.9 Å². The molecule has 1 aliphatic heterocycles. The molecule has 1 heterocycles. The summed E-state index contributed by atoms with van der Waals surface area (Å²) in [6, 6.07) is 0. The molecule has 4 aliphatic carbocycles. The van der Waals surface area contributed by atoms with Crippen molar-refractivity contribution in [3.8, 4) is 0 Å². The molecule has 4 saturated carbocycles. The number of hydrogen-bond donors (Lipinski definition) is 1. The topological polar surface area (TPSA) is 20.2 Å². The fourth-order valence-corrected chi connectivity index (χ4v) is 9.46. The number of thioether (sulfide) groups is 1. The Balaban J connectivity index is 1.45. The minimum Gasteiger partial charge on any atom is -0.393 e. The van der Waals surface area contributed by atoms with E-state index < -0.39 is 0 Å². The second-order valence-electron chi connectivity index (χ2n) is 9.23. The van der Waals surface area contributed by atoms with Gasteiger partial charge in [-0.15, -0.1) is 0 Å². The fraction of sp³-hybridized carbons (Fsp3) is 1.00. The van der Waals surface area contributed by atoms with Gasteiger partial charge in [0.1, 0.15) is 0 Å². The van der Waals surface area contributed by atoms with Gasteiger partial charge < -0.3 is 5.11 Å². The first-order chi connectivity index (χ1) is 10.1. The van der Waals surface area contributed by atoms with Gasteiger partial charge >= 0.3 is 0 Å². The highest BCUT2D eigenvalue weighted by atomic mass is 32.2. The van der Waals surface area contributed by atoms with Crippen LogP contribution in [-0.2, 0) is 0 Å². The summed E-state index contributed by atoms with van der Waals surface area (Å²) in [5, 5.41) is 11.1. The van der Waals surface area contributed by atoms with E-state index in [4.69, 9.17) is 0 Å². The first-order valence-corrected chi connectivity index (χ1v) is 10.5. The lowest BCUT2D eigenvalue weighted by Gasteiger charge is -2.63. The van der Waals surface area contributed by atoms with Crippen LogP contribution >= 0.6 is 11.8 Å². The maximum atomic E-state index is 10.1. The molecule has 3 unspecified atom stereocenters. The van der Waals surface area contributed by atoms with Crippen LogP contribution in [0.4, 0.5) is 0 Å². The molecule has 0 amide bonds. The third kappa shape index (κ3) is 1.65. The van der Waals surface area contributed by atoms with Crippen molar-refractivity contribution in [3.05, 3.63) is 0 Å². The molecule has 8 atom stereocenters. The van der Waals surface area contributed by atoms with Crippen LogP contribution < -0.4 is 0 Å². The van der Waals surface area contributed by atoms with Crippen molar-refractivity contribution in [2.75, 3.05) is 5.75 Å². The molecule has 0 aromatic carbocycles. The van der Waals surface area contributed by atoms with E-state index in [0.29, 0.717) is 5.41 Å². The molecule has 118 valence electrons. The number of aliphatic hydroxyl groups excluding tert-OH is 1. The highest BCUT2D eigenvalue weighted by Crippen LogP contribution is 2.71. The molecule has 1 nitrogen and oxygen atoms in total. The van der Waals surface area contributed by atoms with Crippen molar-refractivity contribution in [1.29, 1.82) is 0 Å². The second kappa shape index (κ2) is 4.44. The lowest BCUT2D eigenvalue weighted by atomic mass is 9.45. The third-order valence-electron chi connectivity index (χ3n) is 8.83. The molecule has 1 saturated heterocycles. The molecule has 5 rings (SSSR count). The highest BCUT2D eigenvalue weighted by molar-refractivity contribution is 8.01. The predicted molar refractivity (Wildman–Crippen MR) is 88.3 cm³/mol. The van der Waals surface area contributed by atoms with Gasteiger partial charge in [0.05, 0.1) is 6.10 Å². The fourth-order valence-electron chi connectivity index (χ4n) is 7.68. The predicted octanol–water partition coefficient (Wildman–Crippen LogP) is 4.49. The SMILES string of the molecule is C[C@]12CCC(O)CC1CC[C@H]1[C@@H]3CCC4SC[C@@]43CC[C@@H]12. The van der Waals surface area contributed by atoms with Crippen LogP contribution in [0.5, 0.6) is 0 Å². The summed E-state index contributed by atoms with van der Waals surface area (Å²) in [5.74, 6) is 5.42. The molecular formula is C19H30OS. The summed E-state index contributed by atoms with van der Waals surface area (Å²) in [5.41, 5.74) is 1.36. The number of rotatable bonds is 0. The average molecular weight is 307 g/mol. The van der Waals surface area contributed by atoms with Crippen LogP contribution in [-0.4, -0.2) is 22.2 Å². The summed E-state index contributed by atoms with van der Waals surface area (Å²) in [6.07, 6.45) is 12.5. The molecule has 21 heavy (non-hydrogen) atoms. The zero-order valence-corrected chi connectivity index (χ0v) is 14.2. The van der Waals surface area contributed by atoms with Crippen LogP contribution in [0.1, 0.15) is 64.7 Å². The Bertz CT molecular complexity index is 451. The minimum absolute atomic E-state index is 0.00782. The maximum Gasteiger partial charge on any atom is 0.0543 e. The minimum atomic E-state index is 0.00782. The van der Waals surface area contributed by atoms with E-state index in [0.717, 1.165) is 47.2 Å². The van der Waals surface area contributed by atoms with Crippen LogP contribution in [0.15, 0.2) is 0 Å². The number of fused-ring (bicyclic) bond motifs is 4. The highest BCUT2D eigenvalue weighted by Gasteiger charge is 2.64. The number of hydrogen-bond acceptors (Lipinski definition) is 2. The van der Waals surface area contributed by atoms with Gasteiger partial charge in [-0.2, -0.15) is 11.8 Å². The molecule has 5 aliphatic rings. The molecule has 1 N–H and O–H groups in total. The molecule has 2 heteroatoms. The Labute approximate surface area is 133 Å². The molecule has 0 bridgehead atoms. The van der Waals surface area contributed by atoms with Gasteiger partial charge in [-0.05, 0) is 92.3 Å². The smallest absolute Gasteiger partial charge is 0.0543 e. The quantitative estimate of drug-likeness (QED) is 0.712. The van der Waals surface area contributed by atoms with Gasteiger partial charge in [0, 0.05) is 11.0 Å². The van der Waals surface area contributed by atoms with Crippen LogP contribution in [0.25, 0.3) is 0 Å². The van der Waals surface area contributed by atoms with Gasteiger partial charge in [0.25, 0.3) is 0 Å². The molecular weight excluding hydrogens is 276 g/mol. The molecule has 0 radical (unpaired) electrons. The van der Waals surface area contributed by atoms with Gasteiger partial charge in [-0.25, -0.2) is 0 Å². The first-order valence-electron chi connectivity index (χ1n) is 9.43. The summed E-state index contributed by atoms with van der Waals surface area (Å²) >= 11 is 2.28. The zero-order chi connectivity index (χ0) is 14.2. The van der Waals surface area contributed by atoms with E-state index in [1.807, 2.05) is 0 Å². The summed E-state index contributed by atoms with van der Waals surface area (Å²) < 4.78 is 0. The van der Waals surface area contributed by atoms with E-state index in [1.54, 1.807) is 12.8 Å². The summed E-state index contributed by atoms with van der Waals surface area (Å²) in [4.78, 5) is 0. The lowest BCUT2D eigenvalue weighted by Crippen LogP contribution is -2.57. The van der Waals surface area contributed by atoms with Crippen LogP contribution in [0, 0.1) is 34.5 Å². The Kier molecular flexibility index (Phi) is 2.90. The summed E-state index contributed by atoms with van der Waals surface area (Å²) in [7, 11) is 0. The Hall–Kier alpha value is 0.310. The summed E-state index contributed by atoms with van der Waals surface area (Å²) in [6.45, 7) is 2.61. The van der Waals surface area contributed by atoms with E-state index in [-0.39, 0.29) is 6.10 Å². The third-order valence-corrected chi connectivity index (χ3v) is 10.6. The maximum absolute atomic E-state index is 10.1. The first kappa shape index (κ1) is 13.7. The largest absolute Gasteiger partial charge is 0.393 e. The zero-order valence-electron chi connectivity index (χ0n) is 13.4. The number of aliphatic hydroxyl groups is 1. The Morgan fingerprint density at radius 2 is 1.86 bits per heavy atom. The Morgan fingerprint density at radius 1 is 0.952 bits per heavy atom. The van der Waals surface area contributed by atoms with Crippen molar-refractivity contribution < 1.29 is 5.11 Å². The van der Waals surface area contributed by atoms with E-state index >= 15 is 0 Å². The normalized spacial score (nSPS) is 62.0. The van der Waals surface area contributed by atoms with E-state index in [9.17, 15) is 5.11 Å². The van der Waals surface area contributed by atoms with Crippen molar-refractivity contribution in [2.24, 2.45) is 34.5 Å². The molecule has 0 aromatic rings. The molecule has 5 fully saturated rings. The van der Waals surface area contributed by atoms with Gasteiger partial charge in [0.2, 0.25) is 0 Å². The lowest BCUT2D eigenvalue weighted by molar-refractivity contribution is -0.121.